The minimum Gasteiger partial charge on any atom is -0.507 e. The van der Waals surface area contributed by atoms with Crippen LogP contribution in [-0.2, 0) is 15.3 Å². The van der Waals surface area contributed by atoms with Crippen molar-refractivity contribution in [1.82, 2.24) is 10.2 Å². The summed E-state index contributed by atoms with van der Waals surface area (Å²) in [6.07, 6.45) is 2.99. The van der Waals surface area contributed by atoms with Crippen LogP contribution in [0, 0.1) is 0 Å². The van der Waals surface area contributed by atoms with Crippen molar-refractivity contribution in [2.45, 2.75) is 42.3 Å². The Kier molecular flexibility index (Phi) is 10.9. The molecule has 12 heteroatoms. The number of carbonyl (C=O) groups is 2. The molecular formula is C38H37N3O7S2. The molecule has 0 bridgehead atoms. The molecule has 1 fully saturated rings. The molecule has 258 valence electrons. The zero-order valence-corrected chi connectivity index (χ0v) is 29.8. The molecule has 4 aromatic carbocycles. The van der Waals surface area contributed by atoms with Crippen molar-refractivity contribution in [2.75, 3.05) is 32.8 Å². The van der Waals surface area contributed by atoms with E-state index in [0.29, 0.717) is 45.3 Å². The van der Waals surface area contributed by atoms with Gasteiger partial charge in [-0.3, -0.25) is 14.5 Å². The fourth-order valence-corrected chi connectivity index (χ4v) is 7.78. The van der Waals surface area contributed by atoms with E-state index in [4.69, 9.17) is 18.9 Å². The maximum atomic E-state index is 13.9. The Morgan fingerprint density at radius 1 is 0.860 bits per heavy atom. The number of ketones is 1. The number of unbranched alkanes of at least 4 members (excludes halogenated alkanes) is 2. The van der Waals surface area contributed by atoms with Crippen LogP contribution in [0.15, 0.2) is 88.8 Å². The predicted molar refractivity (Wildman–Crippen MR) is 196 cm³/mol. The average Bonchev–Trinajstić information content (AvgIpc) is 3.73. The Balaban J connectivity index is 1.39. The number of aliphatic hydroxyl groups excluding tert-OH is 1. The van der Waals surface area contributed by atoms with Crippen molar-refractivity contribution in [1.29, 1.82) is 0 Å². The second-order valence-electron chi connectivity index (χ2n) is 11.5. The number of thioether (sulfide) groups is 1. The van der Waals surface area contributed by atoms with E-state index in [1.165, 1.54) is 49.3 Å². The highest BCUT2D eigenvalue weighted by molar-refractivity contribution is 8.00. The molecule has 50 heavy (non-hydrogen) atoms. The van der Waals surface area contributed by atoms with Gasteiger partial charge in [0.05, 0.1) is 39.6 Å². The monoisotopic (exact) mass is 711 g/mol. The molecule has 1 N–H and O–H groups in total. The third-order valence-electron chi connectivity index (χ3n) is 8.44. The van der Waals surface area contributed by atoms with Crippen LogP contribution in [0.2, 0.25) is 0 Å². The fourth-order valence-electron chi connectivity index (χ4n) is 5.91. The van der Waals surface area contributed by atoms with Gasteiger partial charge >= 0.3 is 5.91 Å². The number of methoxy groups -OCH3 is 3. The van der Waals surface area contributed by atoms with Crippen LogP contribution >= 0.6 is 23.1 Å². The van der Waals surface area contributed by atoms with Crippen molar-refractivity contribution >= 4 is 56.5 Å². The minimum absolute atomic E-state index is 0.110. The van der Waals surface area contributed by atoms with Gasteiger partial charge in [-0.1, -0.05) is 91.4 Å². The normalized spacial score (nSPS) is 15.4. The second kappa shape index (κ2) is 15.6. The van der Waals surface area contributed by atoms with Crippen LogP contribution in [0.1, 0.15) is 48.9 Å². The smallest absolute Gasteiger partial charge is 0.301 e. The third kappa shape index (κ3) is 6.99. The van der Waals surface area contributed by atoms with E-state index in [1.807, 2.05) is 18.2 Å². The van der Waals surface area contributed by atoms with E-state index in [-0.39, 0.29) is 22.0 Å². The third-order valence-corrected chi connectivity index (χ3v) is 10.5. The van der Waals surface area contributed by atoms with Gasteiger partial charge in [-0.2, -0.15) is 0 Å². The number of aliphatic hydroxyl groups is 1. The molecule has 1 saturated heterocycles. The first kappa shape index (κ1) is 34.8. The first-order valence-electron chi connectivity index (χ1n) is 16.2. The molecule has 1 amide bonds. The first-order chi connectivity index (χ1) is 24.4. The Morgan fingerprint density at radius 3 is 2.38 bits per heavy atom. The van der Waals surface area contributed by atoms with Crippen LogP contribution in [0.4, 0.5) is 5.13 Å². The molecule has 6 rings (SSSR count). The Hall–Kier alpha value is -5.07. The molecule has 5 aromatic rings. The molecule has 0 spiro atoms. The summed E-state index contributed by atoms with van der Waals surface area (Å²) >= 11 is 2.70. The number of nitrogens with zero attached hydrogens (tertiary/aromatic N) is 3. The van der Waals surface area contributed by atoms with Gasteiger partial charge in [0.15, 0.2) is 27.3 Å². The molecule has 1 aliphatic heterocycles. The van der Waals surface area contributed by atoms with Crippen LogP contribution < -0.4 is 23.8 Å². The number of carbonyl (C=O) groups excluding carboxylic acids is 2. The van der Waals surface area contributed by atoms with E-state index in [1.54, 1.807) is 36.4 Å². The highest BCUT2D eigenvalue weighted by Crippen LogP contribution is 2.46. The summed E-state index contributed by atoms with van der Waals surface area (Å²) in [6, 6.07) is 23.3. The molecule has 0 aliphatic carbocycles. The van der Waals surface area contributed by atoms with Crippen LogP contribution in [0.3, 0.4) is 0 Å². The zero-order chi connectivity index (χ0) is 35.2. The maximum absolute atomic E-state index is 13.9. The molecule has 1 aromatic heterocycles. The van der Waals surface area contributed by atoms with Gasteiger partial charge < -0.3 is 24.1 Å². The summed E-state index contributed by atoms with van der Waals surface area (Å²) in [4.78, 5) is 29.0. The molecule has 0 saturated carbocycles. The van der Waals surface area contributed by atoms with Gasteiger partial charge in [0.25, 0.3) is 5.78 Å². The van der Waals surface area contributed by atoms with Crippen molar-refractivity contribution in [2.24, 2.45) is 0 Å². The zero-order valence-electron chi connectivity index (χ0n) is 28.2. The lowest BCUT2D eigenvalue weighted by Gasteiger charge is -2.23. The number of ether oxygens (including phenoxy) is 4. The topological polar surface area (TPSA) is 120 Å². The summed E-state index contributed by atoms with van der Waals surface area (Å²) in [5.41, 5.74) is 1.83. The summed E-state index contributed by atoms with van der Waals surface area (Å²) in [7, 11) is 4.51. The fraction of sp³-hybridized carbons (Fsp3) is 0.263. The maximum Gasteiger partial charge on any atom is 0.301 e. The second-order valence-corrected chi connectivity index (χ2v) is 13.7. The van der Waals surface area contributed by atoms with E-state index in [2.05, 4.69) is 41.4 Å². The molecule has 1 aliphatic rings. The number of Topliss-reactive ketones (excluding diaryl/α,β-unsaturated/α-hetero) is 1. The minimum atomic E-state index is -1.05. The number of aromatic nitrogens is 2. The average molecular weight is 712 g/mol. The molecule has 2 heterocycles. The standard InChI is InChI=1S/C38H37N3O7S2/c1-5-6-9-19-48-29-18-15-24(20-31(29)47-4)33-32(34(42)25-16-17-28(45-2)30(21-25)46-3)35(43)36(44)41(33)37-39-40-38(50-37)49-22-26-13-10-12-23-11-7-8-14-27(23)26/h7-8,10-18,20-21,33,42H,5-6,9,19,22H2,1-4H3/b34-32-. The lowest BCUT2D eigenvalue weighted by atomic mass is 9.95. The van der Waals surface area contributed by atoms with Gasteiger partial charge in [0.2, 0.25) is 5.13 Å². The lowest BCUT2D eigenvalue weighted by Crippen LogP contribution is -2.29. The number of amides is 1. The number of benzene rings is 4. The largest absolute Gasteiger partial charge is 0.507 e. The number of rotatable bonds is 14. The predicted octanol–water partition coefficient (Wildman–Crippen LogP) is 8.20. The van der Waals surface area contributed by atoms with Gasteiger partial charge in [-0.25, -0.2) is 0 Å². The summed E-state index contributed by atoms with van der Waals surface area (Å²) in [5, 5.41) is 23.0. The molecule has 0 radical (unpaired) electrons. The number of hydrogen-bond acceptors (Lipinski definition) is 11. The molecule has 10 nitrogen and oxygen atoms in total. The SMILES string of the molecule is CCCCCOc1ccc(C2/C(=C(/O)c3ccc(OC)c(OC)c3)C(=O)C(=O)N2c2nnc(SCc3cccc4ccccc34)s2)cc1OC. The van der Waals surface area contributed by atoms with Crippen LogP contribution in [0.5, 0.6) is 23.0 Å². The van der Waals surface area contributed by atoms with E-state index in [0.717, 1.165) is 35.6 Å². The Bertz CT molecular complexity index is 2060. The van der Waals surface area contributed by atoms with Gasteiger partial charge in [0, 0.05) is 11.3 Å². The number of hydrogen-bond donors (Lipinski definition) is 1. The van der Waals surface area contributed by atoms with Crippen LogP contribution in [-0.4, -0.2) is 54.9 Å². The van der Waals surface area contributed by atoms with E-state index < -0.39 is 17.7 Å². The summed E-state index contributed by atoms with van der Waals surface area (Å²) in [6.45, 7) is 2.64. The molecular weight excluding hydrogens is 675 g/mol. The Morgan fingerprint density at radius 2 is 1.60 bits per heavy atom. The number of fused-ring (bicyclic) bond motifs is 1. The molecule has 1 atom stereocenters. The quantitative estimate of drug-likeness (QED) is 0.0301. The van der Waals surface area contributed by atoms with E-state index in [9.17, 15) is 14.7 Å². The van der Waals surface area contributed by atoms with Crippen molar-refractivity contribution in [3.8, 4) is 23.0 Å². The van der Waals surface area contributed by atoms with Gasteiger partial charge in [-0.15, -0.1) is 10.2 Å². The van der Waals surface area contributed by atoms with Crippen LogP contribution in [0.25, 0.3) is 16.5 Å². The van der Waals surface area contributed by atoms with Gasteiger partial charge in [-0.05, 0) is 58.7 Å². The van der Waals surface area contributed by atoms with Gasteiger partial charge in [0.1, 0.15) is 5.76 Å². The number of anilines is 1. The molecule has 1 unspecified atom stereocenters. The van der Waals surface area contributed by atoms with Crippen molar-refractivity contribution in [3.05, 3.63) is 101 Å². The highest BCUT2D eigenvalue weighted by atomic mass is 32.2. The van der Waals surface area contributed by atoms with E-state index >= 15 is 0 Å². The first-order valence-corrected chi connectivity index (χ1v) is 18.0. The Labute approximate surface area is 298 Å². The summed E-state index contributed by atoms with van der Waals surface area (Å²) in [5.74, 6) is 0.332. The van der Waals surface area contributed by atoms with Crippen molar-refractivity contribution in [3.63, 3.8) is 0 Å². The highest BCUT2D eigenvalue weighted by Gasteiger charge is 2.48. The van der Waals surface area contributed by atoms with Crippen molar-refractivity contribution < 1.29 is 33.6 Å². The lowest BCUT2D eigenvalue weighted by molar-refractivity contribution is -0.132. The summed E-state index contributed by atoms with van der Waals surface area (Å²) < 4.78 is 23.1.